The first-order valence-electron chi connectivity index (χ1n) is 2.94. The number of carbonyl (C=O) groups is 1. The van der Waals surface area contributed by atoms with E-state index in [4.69, 9.17) is 0 Å². The summed E-state index contributed by atoms with van der Waals surface area (Å²) in [4.78, 5) is 11.9. The number of nitrogens with zero attached hydrogens (tertiary/aromatic N) is 1. The molecule has 2 heteroatoms. The van der Waals surface area contributed by atoms with E-state index in [0.717, 1.165) is 32.3 Å². The van der Waals surface area contributed by atoms with E-state index in [-0.39, 0.29) is 0 Å². The summed E-state index contributed by atoms with van der Waals surface area (Å²) in [5, 5.41) is 0. The standard InChI is InChI=1S/C6H10NO/c8-6-7-4-2-1-3-5-7/h1,6H,2-5H2. The summed E-state index contributed by atoms with van der Waals surface area (Å²) in [6.45, 7) is 1.84. The third-order valence-electron chi connectivity index (χ3n) is 1.39. The monoisotopic (exact) mass is 112 g/mol. The maximum atomic E-state index is 10.1. The maximum absolute atomic E-state index is 10.1. The Labute approximate surface area is 49.5 Å². The highest BCUT2D eigenvalue weighted by molar-refractivity contribution is 5.47. The molecule has 0 bridgehead atoms. The zero-order valence-electron chi connectivity index (χ0n) is 4.84. The summed E-state index contributed by atoms with van der Waals surface area (Å²) in [5.41, 5.74) is 0. The van der Waals surface area contributed by atoms with Crippen LogP contribution in [0.3, 0.4) is 0 Å². The lowest BCUT2D eigenvalue weighted by atomic mass is 10.1. The van der Waals surface area contributed by atoms with Crippen LogP contribution in [0.4, 0.5) is 0 Å². The molecule has 1 aliphatic heterocycles. The number of piperidine rings is 1. The first-order chi connectivity index (χ1) is 3.93. The number of likely N-dealkylation sites (tertiary alicyclic amines) is 1. The van der Waals surface area contributed by atoms with E-state index in [1.807, 2.05) is 0 Å². The summed E-state index contributed by atoms with van der Waals surface area (Å²) >= 11 is 0. The Hall–Kier alpha value is -0.530. The summed E-state index contributed by atoms with van der Waals surface area (Å²) in [6, 6.07) is 0. The Balaban J connectivity index is 2.22. The van der Waals surface area contributed by atoms with Crippen LogP contribution in [0.2, 0.25) is 0 Å². The molecule has 0 aliphatic carbocycles. The molecule has 1 aliphatic rings. The van der Waals surface area contributed by atoms with Crippen LogP contribution in [0, 0.1) is 6.42 Å². The van der Waals surface area contributed by atoms with E-state index in [1.54, 1.807) is 4.90 Å². The molecule has 0 N–H and O–H groups in total. The minimum Gasteiger partial charge on any atom is -0.345 e. The van der Waals surface area contributed by atoms with Gasteiger partial charge in [-0.05, 0) is 19.3 Å². The Kier molecular flexibility index (Phi) is 1.89. The van der Waals surface area contributed by atoms with Crippen LogP contribution in [0.15, 0.2) is 0 Å². The number of amides is 1. The second kappa shape index (κ2) is 2.70. The van der Waals surface area contributed by atoms with Crippen LogP contribution in [-0.2, 0) is 4.79 Å². The topological polar surface area (TPSA) is 20.3 Å². The molecule has 0 aromatic carbocycles. The quantitative estimate of drug-likeness (QED) is 0.451. The van der Waals surface area contributed by atoms with Crippen LogP contribution < -0.4 is 0 Å². The fourth-order valence-electron chi connectivity index (χ4n) is 0.876. The van der Waals surface area contributed by atoms with Gasteiger partial charge in [0.05, 0.1) is 0 Å². The highest BCUT2D eigenvalue weighted by Gasteiger charge is 2.05. The zero-order valence-corrected chi connectivity index (χ0v) is 4.84. The van der Waals surface area contributed by atoms with Gasteiger partial charge in [0.25, 0.3) is 0 Å². The van der Waals surface area contributed by atoms with E-state index in [1.165, 1.54) is 0 Å². The van der Waals surface area contributed by atoms with Gasteiger partial charge in [0.15, 0.2) is 0 Å². The van der Waals surface area contributed by atoms with Crippen LogP contribution in [0.25, 0.3) is 0 Å². The van der Waals surface area contributed by atoms with Crippen molar-refractivity contribution in [2.75, 3.05) is 13.1 Å². The van der Waals surface area contributed by atoms with Gasteiger partial charge in [-0.15, -0.1) is 0 Å². The van der Waals surface area contributed by atoms with Crippen molar-refractivity contribution < 1.29 is 4.79 Å². The number of carbonyl (C=O) groups excluding carboxylic acids is 1. The Morgan fingerprint density at radius 3 is 2.38 bits per heavy atom. The predicted octanol–water partition coefficient (Wildman–Crippen LogP) is 0.443. The average Bonchev–Trinajstić information content (AvgIpc) is 1.90. The molecule has 2 nitrogen and oxygen atoms in total. The van der Waals surface area contributed by atoms with Crippen molar-refractivity contribution in [2.24, 2.45) is 0 Å². The van der Waals surface area contributed by atoms with Gasteiger partial charge in [0.2, 0.25) is 6.41 Å². The second-order valence-corrected chi connectivity index (χ2v) is 2.01. The molecule has 1 heterocycles. The third-order valence-corrected chi connectivity index (χ3v) is 1.39. The fraction of sp³-hybridized carbons (Fsp3) is 0.667. The molecular formula is C6H10NO. The van der Waals surface area contributed by atoms with Gasteiger partial charge < -0.3 is 4.90 Å². The highest BCUT2D eigenvalue weighted by atomic mass is 16.1. The molecule has 0 aromatic rings. The van der Waals surface area contributed by atoms with Gasteiger partial charge in [0.1, 0.15) is 0 Å². The minimum atomic E-state index is 0.920. The van der Waals surface area contributed by atoms with Crippen molar-refractivity contribution >= 4 is 6.41 Å². The van der Waals surface area contributed by atoms with Crippen molar-refractivity contribution in [3.8, 4) is 0 Å². The lowest BCUT2D eigenvalue weighted by molar-refractivity contribution is -0.118. The Bertz CT molecular complexity index is 76.6. The number of rotatable bonds is 1. The summed E-state index contributed by atoms with van der Waals surface area (Å²) in [7, 11) is 0. The molecule has 8 heavy (non-hydrogen) atoms. The van der Waals surface area contributed by atoms with E-state index < -0.39 is 0 Å². The van der Waals surface area contributed by atoms with Gasteiger partial charge >= 0.3 is 0 Å². The Morgan fingerprint density at radius 1 is 1.38 bits per heavy atom. The molecular weight excluding hydrogens is 102 g/mol. The lowest BCUT2D eigenvalue weighted by Gasteiger charge is -2.21. The molecule has 1 amide bonds. The lowest BCUT2D eigenvalue weighted by Crippen LogP contribution is -2.28. The number of hydrogen-bond donors (Lipinski definition) is 0. The van der Waals surface area contributed by atoms with Gasteiger partial charge in [0, 0.05) is 13.1 Å². The molecule has 1 rings (SSSR count). The van der Waals surface area contributed by atoms with Crippen molar-refractivity contribution in [2.45, 2.75) is 12.8 Å². The molecule has 1 fully saturated rings. The molecule has 1 saturated heterocycles. The summed E-state index contributed by atoms with van der Waals surface area (Å²) in [6.07, 6.45) is 5.28. The molecule has 0 spiro atoms. The minimum absolute atomic E-state index is 0.920. The van der Waals surface area contributed by atoms with E-state index >= 15 is 0 Å². The van der Waals surface area contributed by atoms with Crippen molar-refractivity contribution in [1.29, 1.82) is 0 Å². The first kappa shape index (κ1) is 5.60. The largest absolute Gasteiger partial charge is 0.345 e. The SMILES string of the molecule is O=CN1CC[CH]CC1. The average molecular weight is 112 g/mol. The van der Waals surface area contributed by atoms with E-state index in [0.29, 0.717) is 0 Å². The van der Waals surface area contributed by atoms with Gasteiger partial charge in [-0.25, -0.2) is 0 Å². The molecule has 45 valence electrons. The van der Waals surface area contributed by atoms with E-state index in [2.05, 4.69) is 6.42 Å². The third kappa shape index (κ3) is 1.22. The molecule has 1 radical (unpaired) electrons. The summed E-state index contributed by atoms with van der Waals surface area (Å²) in [5.74, 6) is 0. The Morgan fingerprint density at radius 2 is 2.00 bits per heavy atom. The molecule has 0 aromatic heterocycles. The summed E-state index contributed by atoms with van der Waals surface area (Å²) < 4.78 is 0. The van der Waals surface area contributed by atoms with Crippen LogP contribution >= 0.6 is 0 Å². The molecule has 0 atom stereocenters. The van der Waals surface area contributed by atoms with E-state index in [9.17, 15) is 4.79 Å². The predicted molar refractivity (Wildman–Crippen MR) is 31.2 cm³/mol. The normalized spacial score (nSPS) is 20.8. The van der Waals surface area contributed by atoms with Crippen molar-refractivity contribution in [3.63, 3.8) is 0 Å². The van der Waals surface area contributed by atoms with Crippen LogP contribution in [-0.4, -0.2) is 24.4 Å². The second-order valence-electron chi connectivity index (χ2n) is 2.01. The van der Waals surface area contributed by atoms with Crippen molar-refractivity contribution in [1.82, 2.24) is 4.90 Å². The number of hydrogen-bond acceptors (Lipinski definition) is 1. The van der Waals surface area contributed by atoms with Gasteiger partial charge in [-0.3, -0.25) is 4.79 Å². The smallest absolute Gasteiger partial charge is 0.209 e. The molecule has 0 saturated carbocycles. The molecule has 0 unspecified atom stereocenters. The van der Waals surface area contributed by atoms with Crippen LogP contribution in [0.5, 0.6) is 0 Å². The van der Waals surface area contributed by atoms with Crippen molar-refractivity contribution in [3.05, 3.63) is 6.42 Å². The fourth-order valence-corrected chi connectivity index (χ4v) is 0.876. The first-order valence-corrected chi connectivity index (χ1v) is 2.94. The maximum Gasteiger partial charge on any atom is 0.209 e. The van der Waals surface area contributed by atoms with Crippen LogP contribution in [0.1, 0.15) is 12.8 Å². The van der Waals surface area contributed by atoms with Gasteiger partial charge in [-0.2, -0.15) is 0 Å². The van der Waals surface area contributed by atoms with Gasteiger partial charge in [-0.1, -0.05) is 0 Å². The highest BCUT2D eigenvalue weighted by Crippen LogP contribution is 2.03. The zero-order chi connectivity index (χ0) is 5.82.